The molecule has 2 nitrogen and oxygen atoms in total. The normalized spacial score (nSPS) is 9.62. The molecule has 0 bridgehead atoms. The van der Waals surface area contributed by atoms with E-state index in [0.717, 1.165) is 11.6 Å². The van der Waals surface area contributed by atoms with Gasteiger partial charge in [-0.25, -0.2) is 0 Å². The van der Waals surface area contributed by atoms with Crippen LogP contribution in [0.15, 0.2) is 30.3 Å². The first-order chi connectivity index (χ1) is 5.68. The van der Waals surface area contributed by atoms with E-state index in [-0.39, 0.29) is 29.6 Å². The molecule has 0 amide bonds. The molecule has 1 aromatic carbocycles. The Morgan fingerprint density at radius 3 is 2.31 bits per heavy atom. The Hall–Kier alpha value is -0.280. The van der Waals surface area contributed by atoms with E-state index in [1.807, 2.05) is 0 Å². The molecule has 0 aliphatic carbocycles. The van der Waals surface area contributed by atoms with Crippen LogP contribution in [0.25, 0.3) is 6.08 Å². The molecule has 4 heteroatoms. The maximum absolute atomic E-state index is 10.0. The molecule has 0 N–H and O–H groups in total. The summed E-state index contributed by atoms with van der Waals surface area (Å²) >= 11 is 5.62. The molecule has 1 aromatic rings. The van der Waals surface area contributed by atoms with Gasteiger partial charge in [0.1, 0.15) is 0 Å². The van der Waals surface area contributed by atoms with Crippen molar-refractivity contribution in [2.75, 3.05) is 0 Å². The summed E-state index contributed by atoms with van der Waals surface area (Å²) in [6.07, 6.45) is 2.43. The number of carbonyl (C=O) groups is 1. The zero-order valence-electron chi connectivity index (χ0n) is 7.16. The van der Waals surface area contributed by atoms with E-state index in [9.17, 15) is 9.90 Å². The number of aliphatic carboxylic acids is 1. The summed E-state index contributed by atoms with van der Waals surface area (Å²) < 4.78 is 0. The number of carboxylic acid groups (broad SMARTS) is 1. The second-order valence-corrected chi connectivity index (χ2v) is 2.64. The summed E-state index contributed by atoms with van der Waals surface area (Å²) in [5.74, 6) is -1.20. The third-order valence-corrected chi connectivity index (χ3v) is 1.53. The van der Waals surface area contributed by atoms with E-state index in [4.69, 9.17) is 11.6 Å². The van der Waals surface area contributed by atoms with E-state index >= 15 is 0 Å². The molecule has 0 radical (unpaired) electrons. The van der Waals surface area contributed by atoms with Crippen LogP contribution in [0.3, 0.4) is 0 Å². The average Bonchev–Trinajstić information content (AvgIpc) is 2.03. The molecular formula is C9H6ClNaO2. The van der Waals surface area contributed by atoms with Gasteiger partial charge < -0.3 is 9.90 Å². The molecule has 0 spiro atoms. The van der Waals surface area contributed by atoms with Crippen LogP contribution < -0.4 is 34.7 Å². The van der Waals surface area contributed by atoms with Crippen LogP contribution in [0.5, 0.6) is 0 Å². The molecular weight excluding hydrogens is 199 g/mol. The van der Waals surface area contributed by atoms with Crippen LogP contribution in [0.2, 0.25) is 5.02 Å². The first-order valence-corrected chi connectivity index (χ1v) is 3.71. The number of carbonyl (C=O) groups excluding carboxylic acids is 1. The number of rotatable bonds is 2. The molecule has 1 rings (SSSR count). The fourth-order valence-electron chi connectivity index (χ4n) is 0.738. The molecule has 0 aromatic heterocycles. The minimum Gasteiger partial charge on any atom is -0.545 e. The fraction of sp³-hybridized carbons (Fsp3) is 0. The summed E-state index contributed by atoms with van der Waals surface area (Å²) in [6, 6.07) is 6.83. The van der Waals surface area contributed by atoms with Gasteiger partial charge in [-0.15, -0.1) is 0 Å². The summed E-state index contributed by atoms with van der Waals surface area (Å²) in [4.78, 5) is 10.0. The standard InChI is InChI=1S/C9H7ClO2.Na/c10-8-4-1-7(2-5-8)3-6-9(11)12;/h1-6H,(H,11,12);/q;+1/p-1/b6-3+;. The number of hydrogen-bond acceptors (Lipinski definition) is 2. The van der Waals surface area contributed by atoms with Crippen LogP contribution >= 0.6 is 11.6 Å². The Balaban J connectivity index is 0.00000144. The predicted octanol–water partition coefficient (Wildman–Crippen LogP) is -1.89. The number of halogens is 1. The summed E-state index contributed by atoms with van der Waals surface area (Å²) in [6.45, 7) is 0. The van der Waals surface area contributed by atoms with Gasteiger partial charge in [0, 0.05) is 5.02 Å². The first-order valence-electron chi connectivity index (χ1n) is 3.33. The molecule has 0 heterocycles. The van der Waals surface area contributed by atoms with Gasteiger partial charge in [0.05, 0.1) is 5.97 Å². The zero-order chi connectivity index (χ0) is 8.97. The van der Waals surface area contributed by atoms with Crippen molar-refractivity contribution >= 4 is 23.6 Å². The maximum atomic E-state index is 10.0. The van der Waals surface area contributed by atoms with Crippen LogP contribution in [0, 0.1) is 0 Å². The van der Waals surface area contributed by atoms with Crippen molar-refractivity contribution in [1.82, 2.24) is 0 Å². The van der Waals surface area contributed by atoms with Gasteiger partial charge in [-0.2, -0.15) is 0 Å². The van der Waals surface area contributed by atoms with E-state index in [2.05, 4.69) is 0 Å². The van der Waals surface area contributed by atoms with Crippen molar-refractivity contribution in [2.24, 2.45) is 0 Å². The van der Waals surface area contributed by atoms with E-state index in [1.54, 1.807) is 24.3 Å². The minimum atomic E-state index is -1.20. The SMILES string of the molecule is O=C([O-])/C=C/c1ccc(Cl)cc1.[Na+]. The molecule has 0 atom stereocenters. The first kappa shape index (κ1) is 12.7. The maximum Gasteiger partial charge on any atom is 1.00 e. The van der Waals surface area contributed by atoms with Gasteiger partial charge in [-0.3, -0.25) is 0 Å². The Morgan fingerprint density at radius 1 is 1.31 bits per heavy atom. The van der Waals surface area contributed by atoms with Gasteiger partial charge in [-0.1, -0.05) is 29.8 Å². The van der Waals surface area contributed by atoms with Crippen molar-refractivity contribution in [2.45, 2.75) is 0 Å². The van der Waals surface area contributed by atoms with Crippen molar-refractivity contribution in [3.63, 3.8) is 0 Å². The monoisotopic (exact) mass is 204 g/mol. The third-order valence-electron chi connectivity index (χ3n) is 1.28. The molecule has 0 unspecified atom stereocenters. The predicted molar refractivity (Wildman–Crippen MR) is 45.5 cm³/mol. The Kier molecular flexibility index (Phi) is 6.08. The third kappa shape index (κ3) is 5.11. The van der Waals surface area contributed by atoms with E-state index < -0.39 is 5.97 Å². The number of benzene rings is 1. The number of carboxylic acids is 1. The second kappa shape index (κ2) is 6.22. The quantitative estimate of drug-likeness (QED) is 0.417. The van der Waals surface area contributed by atoms with Crippen molar-refractivity contribution in [3.05, 3.63) is 40.9 Å². The summed E-state index contributed by atoms with van der Waals surface area (Å²) in [7, 11) is 0. The molecule has 0 saturated heterocycles. The van der Waals surface area contributed by atoms with Crippen LogP contribution in [0.4, 0.5) is 0 Å². The Morgan fingerprint density at radius 2 is 1.85 bits per heavy atom. The van der Waals surface area contributed by atoms with Gasteiger partial charge >= 0.3 is 29.6 Å². The topological polar surface area (TPSA) is 40.1 Å². The smallest absolute Gasteiger partial charge is 0.545 e. The summed E-state index contributed by atoms with van der Waals surface area (Å²) in [5.41, 5.74) is 0.781. The molecule has 62 valence electrons. The largest absolute Gasteiger partial charge is 1.00 e. The van der Waals surface area contributed by atoms with Crippen molar-refractivity contribution in [3.8, 4) is 0 Å². The Labute approximate surface area is 104 Å². The average molecular weight is 205 g/mol. The number of hydrogen-bond donors (Lipinski definition) is 0. The minimum absolute atomic E-state index is 0. The second-order valence-electron chi connectivity index (χ2n) is 2.20. The van der Waals surface area contributed by atoms with Crippen LogP contribution in [-0.4, -0.2) is 5.97 Å². The molecule has 0 fully saturated rings. The van der Waals surface area contributed by atoms with Crippen LogP contribution in [0.1, 0.15) is 5.56 Å². The van der Waals surface area contributed by atoms with Crippen LogP contribution in [-0.2, 0) is 4.79 Å². The summed E-state index contributed by atoms with van der Waals surface area (Å²) in [5, 5.41) is 10.6. The van der Waals surface area contributed by atoms with Gasteiger partial charge in [0.15, 0.2) is 0 Å². The van der Waals surface area contributed by atoms with Gasteiger partial charge in [0.25, 0.3) is 0 Å². The van der Waals surface area contributed by atoms with E-state index in [0.29, 0.717) is 5.02 Å². The van der Waals surface area contributed by atoms with Crippen molar-refractivity contribution < 1.29 is 39.5 Å². The molecule has 0 saturated carbocycles. The van der Waals surface area contributed by atoms with E-state index in [1.165, 1.54) is 6.08 Å². The van der Waals surface area contributed by atoms with Gasteiger partial charge in [0.2, 0.25) is 0 Å². The molecule has 13 heavy (non-hydrogen) atoms. The molecule has 0 aliphatic heterocycles. The van der Waals surface area contributed by atoms with Crippen molar-refractivity contribution in [1.29, 1.82) is 0 Å². The molecule has 0 aliphatic rings. The van der Waals surface area contributed by atoms with Gasteiger partial charge in [-0.05, 0) is 23.8 Å². The Bertz CT molecular complexity index is 306. The fourth-order valence-corrected chi connectivity index (χ4v) is 0.864. The zero-order valence-corrected chi connectivity index (χ0v) is 9.91.